The Morgan fingerprint density at radius 2 is 1.17 bits per heavy atom. The van der Waals surface area contributed by atoms with Gasteiger partial charge in [0.2, 0.25) is 0 Å². The number of hydrogen-bond acceptors (Lipinski definition) is 9. The second-order valence-corrected chi connectivity index (χ2v) is 15.1. The molecule has 0 aromatic heterocycles. The summed E-state index contributed by atoms with van der Waals surface area (Å²) < 4.78 is 32.6. The van der Waals surface area contributed by atoms with Gasteiger partial charge in [0.05, 0.1) is 19.3 Å². The molecular formula is C47H76NO9P. The maximum Gasteiger partial charge on any atom is 0.472 e. The molecule has 0 rings (SSSR count). The molecule has 58 heavy (non-hydrogen) atoms. The van der Waals surface area contributed by atoms with Crippen molar-refractivity contribution >= 4 is 19.8 Å². The van der Waals surface area contributed by atoms with Crippen LogP contribution in [0.5, 0.6) is 0 Å². The average molecular weight is 830 g/mol. The fourth-order valence-electron chi connectivity index (χ4n) is 5.06. The molecule has 3 atom stereocenters. The minimum Gasteiger partial charge on any atom is -0.462 e. The number of allylic oxidation sites excluding steroid dienone is 17. The molecule has 11 heteroatoms. The first-order chi connectivity index (χ1) is 28.2. The first kappa shape index (κ1) is 54.6. The molecule has 0 amide bonds. The maximum atomic E-state index is 12.6. The van der Waals surface area contributed by atoms with Crippen molar-refractivity contribution in [2.45, 2.75) is 148 Å². The summed E-state index contributed by atoms with van der Waals surface area (Å²) in [6.45, 7) is 3.34. The van der Waals surface area contributed by atoms with E-state index < -0.39 is 32.5 Å². The van der Waals surface area contributed by atoms with Gasteiger partial charge in [-0.3, -0.25) is 18.6 Å². The Kier molecular flexibility index (Phi) is 39.4. The third kappa shape index (κ3) is 40.8. The van der Waals surface area contributed by atoms with Gasteiger partial charge in [-0.05, 0) is 83.5 Å². The topological polar surface area (TPSA) is 155 Å². The molecule has 0 spiro atoms. The van der Waals surface area contributed by atoms with Crippen LogP contribution in [0.25, 0.3) is 0 Å². The lowest BCUT2D eigenvalue weighted by Gasteiger charge is -2.19. The van der Waals surface area contributed by atoms with Crippen LogP contribution in [0.15, 0.2) is 109 Å². The summed E-state index contributed by atoms with van der Waals surface area (Å²) in [6, 6.07) is 0. The van der Waals surface area contributed by atoms with Gasteiger partial charge in [0.15, 0.2) is 6.10 Å². The molecule has 0 saturated heterocycles. The molecule has 0 aromatic carbocycles. The molecule has 0 bridgehead atoms. The van der Waals surface area contributed by atoms with E-state index in [-0.39, 0.29) is 38.7 Å². The van der Waals surface area contributed by atoms with E-state index in [1.807, 2.05) is 36.5 Å². The fourth-order valence-corrected chi connectivity index (χ4v) is 5.82. The Labute approximate surface area is 351 Å². The van der Waals surface area contributed by atoms with Gasteiger partial charge in [-0.15, -0.1) is 0 Å². The lowest BCUT2D eigenvalue weighted by molar-refractivity contribution is -0.161. The van der Waals surface area contributed by atoms with Gasteiger partial charge in [-0.2, -0.15) is 0 Å². The number of ether oxygens (including phenoxy) is 2. The number of aliphatic hydroxyl groups is 1. The Morgan fingerprint density at radius 1 is 0.621 bits per heavy atom. The zero-order valence-corrected chi connectivity index (χ0v) is 36.5. The molecule has 0 aliphatic rings. The third-order valence-electron chi connectivity index (χ3n) is 8.25. The van der Waals surface area contributed by atoms with Crippen LogP contribution in [0.2, 0.25) is 0 Å². The van der Waals surface area contributed by atoms with E-state index >= 15 is 0 Å². The van der Waals surface area contributed by atoms with Crippen molar-refractivity contribution < 1.29 is 42.7 Å². The van der Waals surface area contributed by atoms with Gasteiger partial charge in [-0.1, -0.05) is 149 Å². The van der Waals surface area contributed by atoms with Crippen molar-refractivity contribution in [3.63, 3.8) is 0 Å². The monoisotopic (exact) mass is 830 g/mol. The van der Waals surface area contributed by atoms with E-state index in [4.69, 9.17) is 24.3 Å². The molecule has 10 nitrogen and oxygen atoms in total. The number of nitrogens with two attached hydrogens (primary N) is 1. The maximum absolute atomic E-state index is 12.6. The number of esters is 2. The Hall–Kier alpha value is -3.37. The second kappa shape index (κ2) is 41.8. The Morgan fingerprint density at radius 3 is 1.76 bits per heavy atom. The predicted octanol–water partition coefficient (Wildman–Crippen LogP) is 11.4. The van der Waals surface area contributed by atoms with Gasteiger partial charge < -0.3 is 25.2 Å². The van der Waals surface area contributed by atoms with Crippen molar-refractivity contribution in [2.75, 3.05) is 26.4 Å². The van der Waals surface area contributed by atoms with Crippen LogP contribution in [0.3, 0.4) is 0 Å². The number of rotatable bonds is 38. The fraction of sp³-hybridized carbons (Fsp3) is 0.574. The smallest absolute Gasteiger partial charge is 0.462 e. The average Bonchev–Trinajstić information content (AvgIpc) is 3.20. The van der Waals surface area contributed by atoms with Crippen LogP contribution < -0.4 is 5.73 Å². The molecule has 0 radical (unpaired) electrons. The lowest BCUT2D eigenvalue weighted by Crippen LogP contribution is -2.29. The van der Waals surface area contributed by atoms with E-state index in [1.165, 1.54) is 0 Å². The molecule has 0 saturated carbocycles. The molecule has 1 unspecified atom stereocenters. The van der Waals surface area contributed by atoms with E-state index in [2.05, 4.69) is 86.8 Å². The highest BCUT2D eigenvalue weighted by Gasteiger charge is 2.25. The van der Waals surface area contributed by atoms with Crippen LogP contribution >= 0.6 is 7.82 Å². The zero-order chi connectivity index (χ0) is 42.6. The number of carbonyl (C=O) groups is 2. The number of unbranched alkanes of at least 4 members (excludes halogenated alkanes) is 6. The molecule has 328 valence electrons. The van der Waals surface area contributed by atoms with Crippen LogP contribution in [0.4, 0.5) is 0 Å². The highest BCUT2D eigenvalue weighted by atomic mass is 31.2. The number of phosphoric acid groups is 1. The van der Waals surface area contributed by atoms with Gasteiger partial charge in [0.1, 0.15) is 6.61 Å². The quantitative estimate of drug-likeness (QED) is 0.0180. The van der Waals surface area contributed by atoms with Gasteiger partial charge >= 0.3 is 19.8 Å². The summed E-state index contributed by atoms with van der Waals surface area (Å²) in [4.78, 5) is 34.8. The Balaban J connectivity index is 4.39. The van der Waals surface area contributed by atoms with Gasteiger partial charge in [-0.25, -0.2) is 4.57 Å². The van der Waals surface area contributed by atoms with Crippen LogP contribution in [0, 0.1) is 0 Å². The first-order valence-electron chi connectivity index (χ1n) is 21.5. The van der Waals surface area contributed by atoms with Crippen molar-refractivity contribution in [1.82, 2.24) is 0 Å². The molecule has 0 aromatic rings. The largest absolute Gasteiger partial charge is 0.472 e. The minimum atomic E-state index is -4.42. The predicted molar refractivity (Wildman–Crippen MR) is 239 cm³/mol. The molecule has 0 aliphatic carbocycles. The van der Waals surface area contributed by atoms with Crippen LogP contribution in [-0.4, -0.2) is 60.5 Å². The first-order valence-corrected chi connectivity index (χ1v) is 23.0. The van der Waals surface area contributed by atoms with Crippen LogP contribution in [0.1, 0.15) is 136 Å². The summed E-state index contributed by atoms with van der Waals surface area (Å²) >= 11 is 0. The molecule has 0 fully saturated rings. The number of hydrogen-bond donors (Lipinski definition) is 3. The van der Waals surface area contributed by atoms with E-state index in [9.17, 15) is 24.2 Å². The van der Waals surface area contributed by atoms with Crippen molar-refractivity contribution in [2.24, 2.45) is 5.73 Å². The number of phosphoric ester groups is 1. The van der Waals surface area contributed by atoms with Crippen molar-refractivity contribution in [1.29, 1.82) is 0 Å². The van der Waals surface area contributed by atoms with E-state index in [0.717, 1.165) is 89.9 Å². The second-order valence-electron chi connectivity index (χ2n) is 13.7. The Bertz CT molecular complexity index is 1330. The highest BCUT2D eigenvalue weighted by molar-refractivity contribution is 7.47. The standard InChI is InChI=1S/C47H76NO9P/c1-3-5-7-8-9-10-11-12-13-14-15-16-17-18-21-25-28-31-35-39-47(51)57-45(43-56-58(52,53)55-41-40-48)42-54-46(50)38-34-30-27-24-22-19-20-23-26-29-33-37-44(49)36-32-6-4-2/h5,7,9-10,12-13,15-16,18-21,24,26-27,29,33,37,44-45,49H,3-4,6,8,11,14,17,22-23,25,28,30-32,34-36,38-43,48H2,1-2H3,(H,52,53)/b7-5-,10-9-,13-12-,16-15-,20-19-,21-18-,27-24-,29-26-,37-33+/t44-,45-/m1/s1. The lowest BCUT2D eigenvalue weighted by atomic mass is 10.1. The number of carbonyl (C=O) groups excluding carboxylic acids is 2. The molecule has 0 heterocycles. The van der Waals surface area contributed by atoms with Crippen molar-refractivity contribution in [3.05, 3.63) is 109 Å². The SMILES string of the molecule is CC/C=C\C/C=C\C/C=C\C/C=C\C/C=C\CCCCCC(=O)O[C@H](COC(=O)CCC/C=C\C/C=C\C/C=C\C=C\[C@H](O)CCCCC)COP(=O)(O)OCCN. The van der Waals surface area contributed by atoms with Gasteiger partial charge in [0.25, 0.3) is 0 Å². The van der Waals surface area contributed by atoms with E-state index in [1.54, 1.807) is 0 Å². The van der Waals surface area contributed by atoms with Crippen molar-refractivity contribution in [3.8, 4) is 0 Å². The summed E-state index contributed by atoms with van der Waals surface area (Å²) in [5.41, 5.74) is 5.34. The normalized spacial score (nSPS) is 14.9. The summed E-state index contributed by atoms with van der Waals surface area (Å²) in [7, 11) is -4.42. The van der Waals surface area contributed by atoms with E-state index in [0.29, 0.717) is 19.3 Å². The van der Waals surface area contributed by atoms with Crippen LogP contribution in [-0.2, 0) is 32.7 Å². The van der Waals surface area contributed by atoms with Gasteiger partial charge in [0, 0.05) is 19.4 Å². The molecular weight excluding hydrogens is 753 g/mol. The summed E-state index contributed by atoms with van der Waals surface area (Å²) in [5, 5.41) is 9.89. The minimum absolute atomic E-state index is 0.0267. The molecule has 4 N–H and O–H groups in total. The highest BCUT2D eigenvalue weighted by Crippen LogP contribution is 2.43. The molecule has 0 aliphatic heterocycles. The third-order valence-corrected chi connectivity index (χ3v) is 9.23. The summed E-state index contributed by atoms with van der Waals surface area (Å²) in [6.07, 6.45) is 51.6. The zero-order valence-electron chi connectivity index (χ0n) is 35.6. The summed E-state index contributed by atoms with van der Waals surface area (Å²) in [5.74, 6) is -0.972. The number of aliphatic hydroxyl groups excluding tert-OH is 1.